The average Bonchev–Trinajstić information content (AvgIpc) is 3.33. The van der Waals surface area contributed by atoms with E-state index in [0.29, 0.717) is 16.9 Å². The van der Waals surface area contributed by atoms with Crippen molar-refractivity contribution < 1.29 is 22.7 Å². The molecular weight excluding hydrogens is 466 g/mol. The predicted octanol–water partition coefficient (Wildman–Crippen LogP) is 3.06. The lowest BCUT2D eigenvalue weighted by Crippen LogP contribution is -2.42. The Hall–Kier alpha value is -1.68. The fourth-order valence-electron chi connectivity index (χ4n) is 5.41. The molecule has 0 aromatic heterocycles. The second-order valence-corrected chi connectivity index (χ2v) is 12.1. The van der Waals surface area contributed by atoms with Crippen molar-refractivity contribution in [1.82, 2.24) is 14.1 Å². The zero-order chi connectivity index (χ0) is 25.6. The van der Waals surface area contributed by atoms with Crippen LogP contribution in [0.1, 0.15) is 49.7 Å². The standard InChI is InChI=1S/C26H43N3O5S/c1-20-16-24(33-5)17-21(2)26(20)35(31,32)27(3)14-15-34-19-25(30)28(4)23-10-8-22(9-11-23)18-29-12-6-7-13-29/h16-17,22-23H,6-15,18-19H2,1-5H3. The summed E-state index contributed by atoms with van der Waals surface area (Å²) >= 11 is 0. The molecular formula is C26H43N3O5S. The largest absolute Gasteiger partial charge is 0.497 e. The summed E-state index contributed by atoms with van der Waals surface area (Å²) in [6, 6.07) is 3.71. The van der Waals surface area contributed by atoms with Crippen molar-refractivity contribution >= 4 is 15.9 Å². The fourth-order valence-corrected chi connectivity index (χ4v) is 6.97. The molecule has 2 aliphatic rings. The molecule has 2 fully saturated rings. The van der Waals surface area contributed by atoms with E-state index in [0.717, 1.165) is 18.8 Å². The van der Waals surface area contributed by atoms with Gasteiger partial charge in [0.25, 0.3) is 0 Å². The number of ether oxygens (including phenoxy) is 2. The van der Waals surface area contributed by atoms with Crippen LogP contribution in [0.25, 0.3) is 0 Å². The molecule has 0 radical (unpaired) electrons. The van der Waals surface area contributed by atoms with E-state index in [4.69, 9.17) is 9.47 Å². The minimum Gasteiger partial charge on any atom is -0.497 e. The van der Waals surface area contributed by atoms with Crippen LogP contribution in [0, 0.1) is 19.8 Å². The van der Waals surface area contributed by atoms with Gasteiger partial charge in [-0.15, -0.1) is 0 Å². The Kier molecular flexibility index (Phi) is 9.98. The number of hydrogen-bond donors (Lipinski definition) is 0. The number of benzene rings is 1. The Bertz CT molecular complexity index is 931. The number of carbonyl (C=O) groups excluding carboxylic acids is 1. The SMILES string of the molecule is COc1cc(C)c(S(=O)(=O)N(C)CCOCC(=O)N(C)C2CCC(CN3CCCC3)CC2)c(C)c1. The highest BCUT2D eigenvalue weighted by Gasteiger charge is 2.29. The molecule has 0 spiro atoms. The maximum atomic E-state index is 13.1. The van der Waals surface area contributed by atoms with Crippen LogP contribution in [0.2, 0.25) is 0 Å². The third-order valence-electron chi connectivity index (χ3n) is 7.59. The molecule has 3 rings (SSSR count). The molecule has 0 N–H and O–H groups in total. The van der Waals surface area contributed by atoms with E-state index in [1.165, 1.54) is 56.7 Å². The predicted molar refractivity (Wildman–Crippen MR) is 137 cm³/mol. The molecule has 0 atom stereocenters. The number of hydrogen-bond acceptors (Lipinski definition) is 6. The Morgan fingerprint density at radius 3 is 2.23 bits per heavy atom. The summed E-state index contributed by atoms with van der Waals surface area (Å²) in [6.45, 7) is 7.52. The van der Waals surface area contributed by atoms with Crippen LogP contribution in [0.4, 0.5) is 0 Å². The van der Waals surface area contributed by atoms with E-state index in [-0.39, 0.29) is 36.6 Å². The summed E-state index contributed by atoms with van der Waals surface area (Å²) in [7, 11) is 1.29. The summed E-state index contributed by atoms with van der Waals surface area (Å²) in [5, 5.41) is 0. The minimum atomic E-state index is -3.67. The first-order chi connectivity index (χ1) is 16.6. The van der Waals surface area contributed by atoms with Crippen LogP contribution in [0.15, 0.2) is 17.0 Å². The highest BCUT2D eigenvalue weighted by Crippen LogP contribution is 2.29. The van der Waals surface area contributed by atoms with Crippen LogP contribution in [0.3, 0.4) is 0 Å². The smallest absolute Gasteiger partial charge is 0.248 e. The van der Waals surface area contributed by atoms with Gasteiger partial charge in [0.05, 0.1) is 18.6 Å². The number of carbonyl (C=O) groups is 1. The molecule has 1 aliphatic carbocycles. The van der Waals surface area contributed by atoms with Crippen LogP contribution < -0.4 is 4.74 Å². The van der Waals surface area contributed by atoms with Gasteiger partial charge in [-0.05, 0) is 94.6 Å². The minimum absolute atomic E-state index is 0.0291. The van der Waals surface area contributed by atoms with Crippen molar-refractivity contribution in [2.75, 3.05) is 60.6 Å². The number of methoxy groups -OCH3 is 1. The Morgan fingerprint density at radius 2 is 1.66 bits per heavy atom. The zero-order valence-corrected chi connectivity index (χ0v) is 22.9. The van der Waals surface area contributed by atoms with Gasteiger partial charge in [-0.3, -0.25) is 4.79 Å². The normalized spacial score (nSPS) is 21.4. The van der Waals surface area contributed by atoms with Gasteiger partial charge >= 0.3 is 0 Å². The molecule has 1 aromatic rings. The van der Waals surface area contributed by atoms with Gasteiger partial charge in [0.2, 0.25) is 15.9 Å². The Balaban J connectivity index is 1.41. The van der Waals surface area contributed by atoms with Crippen LogP contribution in [0.5, 0.6) is 5.75 Å². The van der Waals surface area contributed by atoms with E-state index >= 15 is 0 Å². The summed E-state index contributed by atoms with van der Waals surface area (Å²) < 4.78 is 38.3. The van der Waals surface area contributed by atoms with Gasteiger partial charge < -0.3 is 19.3 Å². The van der Waals surface area contributed by atoms with Crippen molar-refractivity contribution in [3.8, 4) is 5.75 Å². The number of rotatable bonds is 11. The monoisotopic (exact) mass is 509 g/mol. The Labute approximate surface area is 211 Å². The maximum Gasteiger partial charge on any atom is 0.248 e. The molecule has 1 heterocycles. The molecule has 1 amide bonds. The number of sulfonamides is 1. The molecule has 0 unspecified atom stereocenters. The molecule has 1 aliphatic heterocycles. The third-order valence-corrected chi connectivity index (χ3v) is 9.75. The lowest BCUT2D eigenvalue weighted by molar-refractivity contribution is -0.137. The zero-order valence-electron chi connectivity index (χ0n) is 22.1. The lowest BCUT2D eigenvalue weighted by atomic mass is 9.85. The van der Waals surface area contributed by atoms with Crippen LogP contribution in [-0.4, -0.2) is 95.1 Å². The van der Waals surface area contributed by atoms with Gasteiger partial charge in [0.1, 0.15) is 12.4 Å². The molecule has 1 saturated heterocycles. The molecule has 198 valence electrons. The lowest BCUT2D eigenvalue weighted by Gasteiger charge is -2.36. The maximum absolute atomic E-state index is 13.1. The highest BCUT2D eigenvalue weighted by molar-refractivity contribution is 7.89. The highest BCUT2D eigenvalue weighted by atomic mass is 32.2. The number of likely N-dealkylation sites (N-methyl/N-ethyl adjacent to an activating group) is 2. The number of nitrogens with zero attached hydrogens (tertiary/aromatic N) is 3. The first-order valence-corrected chi connectivity index (χ1v) is 14.2. The molecule has 1 aromatic carbocycles. The average molecular weight is 510 g/mol. The fraction of sp³-hybridized carbons (Fsp3) is 0.731. The first kappa shape index (κ1) is 27.9. The van der Waals surface area contributed by atoms with Gasteiger partial charge in [0.15, 0.2) is 0 Å². The van der Waals surface area contributed by atoms with Crippen molar-refractivity contribution in [2.45, 2.75) is 63.3 Å². The molecule has 8 nitrogen and oxygen atoms in total. The number of aryl methyl sites for hydroxylation is 2. The molecule has 9 heteroatoms. The molecule has 0 bridgehead atoms. The van der Waals surface area contributed by atoms with Crippen LogP contribution >= 0.6 is 0 Å². The topological polar surface area (TPSA) is 79.4 Å². The van der Waals surface area contributed by atoms with E-state index in [2.05, 4.69) is 4.90 Å². The number of likely N-dealkylation sites (tertiary alicyclic amines) is 1. The van der Waals surface area contributed by atoms with E-state index in [1.807, 2.05) is 11.9 Å². The van der Waals surface area contributed by atoms with Crippen molar-refractivity contribution in [3.63, 3.8) is 0 Å². The van der Waals surface area contributed by atoms with Gasteiger partial charge in [-0.25, -0.2) is 8.42 Å². The number of amides is 1. The molecule has 35 heavy (non-hydrogen) atoms. The van der Waals surface area contributed by atoms with Crippen LogP contribution in [-0.2, 0) is 19.6 Å². The van der Waals surface area contributed by atoms with Crippen molar-refractivity contribution in [2.24, 2.45) is 5.92 Å². The summed E-state index contributed by atoms with van der Waals surface area (Å²) in [4.78, 5) is 17.4. The quantitative estimate of drug-likeness (QED) is 0.427. The van der Waals surface area contributed by atoms with Gasteiger partial charge in [0, 0.05) is 33.2 Å². The summed E-state index contributed by atoms with van der Waals surface area (Å²) in [5.74, 6) is 1.34. The molecule has 1 saturated carbocycles. The Morgan fingerprint density at radius 1 is 1.06 bits per heavy atom. The summed E-state index contributed by atoms with van der Waals surface area (Å²) in [5.41, 5.74) is 1.28. The van der Waals surface area contributed by atoms with E-state index < -0.39 is 10.0 Å². The third kappa shape index (κ3) is 7.18. The van der Waals surface area contributed by atoms with Gasteiger partial charge in [-0.1, -0.05) is 0 Å². The second-order valence-electron chi connectivity index (χ2n) is 10.2. The van der Waals surface area contributed by atoms with E-state index in [9.17, 15) is 13.2 Å². The van der Waals surface area contributed by atoms with Crippen molar-refractivity contribution in [3.05, 3.63) is 23.3 Å². The van der Waals surface area contributed by atoms with Crippen molar-refractivity contribution in [1.29, 1.82) is 0 Å². The first-order valence-electron chi connectivity index (χ1n) is 12.8. The van der Waals surface area contributed by atoms with Gasteiger partial charge in [-0.2, -0.15) is 4.31 Å². The summed E-state index contributed by atoms with van der Waals surface area (Å²) in [6.07, 6.45) is 7.09. The second kappa shape index (κ2) is 12.5. The van der Waals surface area contributed by atoms with E-state index in [1.54, 1.807) is 33.1 Å².